The monoisotopic (exact) mass is 363 g/mol. The number of benzene rings is 1. The third-order valence-corrected chi connectivity index (χ3v) is 3.47. The van der Waals surface area contributed by atoms with E-state index in [0.717, 1.165) is 4.47 Å². The molecule has 6 heteroatoms. The van der Waals surface area contributed by atoms with Gasteiger partial charge in [-0.1, -0.05) is 28.1 Å². The number of anilines is 1. The molecule has 0 fully saturated rings. The first-order valence-electron chi connectivity index (χ1n) is 6.39. The number of hydrogen-bond donors (Lipinski definition) is 0. The third-order valence-electron chi connectivity index (χ3n) is 2.98. The van der Waals surface area contributed by atoms with Crippen molar-refractivity contribution in [2.24, 2.45) is 0 Å². The third kappa shape index (κ3) is 3.28. The largest absolute Gasteiger partial charge is 0.465 e. The Bertz CT molecular complexity index is 691. The molecule has 114 valence electrons. The van der Waals surface area contributed by atoms with Gasteiger partial charge in [-0.15, -0.1) is 0 Å². The highest BCUT2D eigenvalue weighted by molar-refractivity contribution is 9.10. The Morgan fingerprint density at radius 2 is 1.82 bits per heavy atom. The Labute approximate surface area is 136 Å². The number of methoxy groups -OCH3 is 2. The second-order valence-corrected chi connectivity index (χ2v) is 5.21. The summed E-state index contributed by atoms with van der Waals surface area (Å²) in [5.74, 6) is -1.24. The van der Waals surface area contributed by atoms with Gasteiger partial charge >= 0.3 is 11.9 Å². The summed E-state index contributed by atoms with van der Waals surface area (Å²) in [4.78, 5) is 25.8. The number of esters is 2. The lowest BCUT2D eigenvalue weighted by atomic mass is 10.1. The van der Waals surface area contributed by atoms with Crippen LogP contribution in [0.15, 0.2) is 64.4 Å². The second kappa shape index (κ2) is 7.09. The molecule has 0 unspecified atom stereocenters. The van der Waals surface area contributed by atoms with E-state index < -0.39 is 11.9 Å². The molecule has 0 saturated heterocycles. The fourth-order valence-corrected chi connectivity index (χ4v) is 2.38. The van der Waals surface area contributed by atoms with E-state index in [1.807, 2.05) is 24.3 Å². The van der Waals surface area contributed by atoms with E-state index >= 15 is 0 Å². The van der Waals surface area contributed by atoms with Crippen LogP contribution < -0.4 is 4.90 Å². The van der Waals surface area contributed by atoms with Gasteiger partial charge < -0.3 is 14.4 Å². The van der Waals surface area contributed by atoms with Crippen LogP contribution in [-0.4, -0.2) is 26.2 Å². The maximum Gasteiger partial charge on any atom is 0.355 e. The molecule has 0 bridgehead atoms. The predicted molar refractivity (Wildman–Crippen MR) is 86.0 cm³/mol. The molecule has 1 heterocycles. The van der Waals surface area contributed by atoms with E-state index in [0.29, 0.717) is 5.69 Å². The fraction of sp³-hybridized carbons (Fsp3) is 0.125. The summed E-state index contributed by atoms with van der Waals surface area (Å²) in [6, 6.07) is 7.34. The quantitative estimate of drug-likeness (QED) is 0.772. The highest BCUT2D eigenvalue weighted by atomic mass is 79.9. The minimum absolute atomic E-state index is 0.0949. The number of hydrogen-bond acceptors (Lipinski definition) is 5. The Balaban J connectivity index is 2.64. The Morgan fingerprint density at radius 3 is 2.45 bits per heavy atom. The number of carbonyl (C=O) groups is 2. The van der Waals surface area contributed by atoms with Crippen LogP contribution in [0.4, 0.5) is 5.69 Å². The average Bonchev–Trinajstić information content (AvgIpc) is 2.76. The smallest absolute Gasteiger partial charge is 0.355 e. The van der Waals surface area contributed by atoms with Crippen molar-refractivity contribution in [2.75, 3.05) is 19.1 Å². The number of allylic oxidation sites excluding steroid dienone is 2. The lowest BCUT2D eigenvalue weighted by Crippen LogP contribution is -2.26. The number of rotatable bonds is 3. The molecule has 2 rings (SSSR count). The van der Waals surface area contributed by atoms with Crippen molar-refractivity contribution in [1.82, 2.24) is 0 Å². The van der Waals surface area contributed by atoms with Crippen LogP contribution in [0, 0.1) is 0 Å². The van der Waals surface area contributed by atoms with Gasteiger partial charge in [0.05, 0.1) is 19.8 Å². The van der Waals surface area contributed by atoms with Crippen molar-refractivity contribution in [3.63, 3.8) is 0 Å². The average molecular weight is 364 g/mol. The molecule has 0 aliphatic carbocycles. The first-order valence-corrected chi connectivity index (χ1v) is 7.18. The van der Waals surface area contributed by atoms with Gasteiger partial charge in [-0.05, 0) is 30.4 Å². The standard InChI is InChI=1S/C16H14BrNO4/c1-21-15(19)13-8-3-4-9-18(14(13)16(20)22-2)12-7-5-6-11(17)10-12/h3-10H,1-2H3. The van der Waals surface area contributed by atoms with Crippen LogP contribution in [0.5, 0.6) is 0 Å². The SMILES string of the molecule is COC(=O)C1=C(C(=O)OC)N(c2cccc(Br)c2)C=CC=C1. The summed E-state index contributed by atoms with van der Waals surface area (Å²) in [6.45, 7) is 0. The molecule has 0 spiro atoms. The van der Waals surface area contributed by atoms with E-state index in [1.165, 1.54) is 20.3 Å². The molecule has 1 aliphatic heterocycles. The summed E-state index contributed by atoms with van der Waals surface area (Å²) < 4.78 is 10.4. The lowest BCUT2D eigenvalue weighted by molar-refractivity contribution is -0.139. The highest BCUT2D eigenvalue weighted by Crippen LogP contribution is 2.28. The van der Waals surface area contributed by atoms with E-state index in [9.17, 15) is 9.59 Å². The highest BCUT2D eigenvalue weighted by Gasteiger charge is 2.27. The van der Waals surface area contributed by atoms with Gasteiger partial charge in [-0.25, -0.2) is 9.59 Å². The normalized spacial score (nSPS) is 13.9. The van der Waals surface area contributed by atoms with Crippen molar-refractivity contribution in [2.45, 2.75) is 0 Å². The van der Waals surface area contributed by atoms with Crippen molar-refractivity contribution in [3.05, 3.63) is 64.4 Å². The zero-order chi connectivity index (χ0) is 16.1. The molecule has 1 aromatic carbocycles. The molecule has 1 aliphatic rings. The van der Waals surface area contributed by atoms with Crippen molar-refractivity contribution >= 4 is 33.6 Å². The zero-order valence-electron chi connectivity index (χ0n) is 12.1. The maximum atomic E-state index is 12.2. The van der Waals surface area contributed by atoms with Crippen LogP contribution >= 0.6 is 15.9 Å². The van der Waals surface area contributed by atoms with E-state index in [2.05, 4.69) is 15.9 Å². The molecule has 1 aromatic rings. The minimum atomic E-state index is -0.628. The van der Waals surface area contributed by atoms with Crippen LogP contribution in [-0.2, 0) is 19.1 Å². The summed E-state index contributed by atoms with van der Waals surface area (Å²) >= 11 is 3.39. The molecular weight excluding hydrogens is 350 g/mol. The molecular formula is C16H14BrNO4. The summed E-state index contributed by atoms with van der Waals surface area (Å²) in [6.07, 6.45) is 6.58. The topological polar surface area (TPSA) is 55.8 Å². The molecule has 0 atom stereocenters. The lowest BCUT2D eigenvalue weighted by Gasteiger charge is -2.23. The molecule has 22 heavy (non-hydrogen) atoms. The summed E-state index contributed by atoms with van der Waals surface area (Å²) in [5, 5.41) is 0. The minimum Gasteiger partial charge on any atom is -0.465 e. The molecule has 0 saturated carbocycles. The number of carbonyl (C=O) groups excluding carboxylic acids is 2. The van der Waals surface area contributed by atoms with Crippen LogP contribution in [0.1, 0.15) is 0 Å². The molecule has 0 amide bonds. The predicted octanol–water partition coefficient (Wildman–Crippen LogP) is 2.94. The second-order valence-electron chi connectivity index (χ2n) is 4.30. The first-order chi connectivity index (χ1) is 10.6. The molecule has 0 radical (unpaired) electrons. The molecule has 0 N–H and O–H groups in total. The van der Waals surface area contributed by atoms with Crippen molar-refractivity contribution < 1.29 is 19.1 Å². The zero-order valence-corrected chi connectivity index (χ0v) is 13.7. The Morgan fingerprint density at radius 1 is 1.09 bits per heavy atom. The van der Waals surface area contributed by atoms with Crippen LogP contribution in [0.3, 0.4) is 0 Å². The van der Waals surface area contributed by atoms with Gasteiger partial charge in [0.25, 0.3) is 0 Å². The maximum absolute atomic E-state index is 12.2. The van der Waals surface area contributed by atoms with E-state index in [1.54, 1.807) is 23.3 Å². The van der Waals surface area contributed by atoms with Gasteiger partial charge in [0.1, 0.15) is 5.70 Å². The Hall–Kier alpha value is -2.34. The van der Waals surface area contributed by atoms with Crippen molar-refractivity contribution in [3.8, 4) is 0 Å². The fourth-order valence-electron chi connectivity index (χ4n) is 1.99. The number of halogens is 1. The van der Waals surface area contributed by atoms with Gasteiger partial charge in [0.15, 0.2) is 0 Å². The molecule has 5 nitrogen and oxygen atoms in total. The van der Waals surface area contributed by atoms with Gasteiger partial charge in [0, 0.05) is 16.4 Å². The summed E-state index contributed by atoms with van der Waals surface area (Å²) in [5.41, 5.74) is 0.924. The van der Waals surface area contributed by atoms with Gasteiger partial charge in [-0.3, -0.25) is 0 Å². The molecule has 0 aromatic heterocycles. The van der Waals surface area contributed by atoms with Crippen molar-refractivity contribution in [1.29, 1.82) is 0 Å². The first kappa shape index (κ1) is 16.0. The Kier molecular flexibility index (Phi) is 5.16. The van der Waals surface area contributed by atoms with Crippen LogP contribution in [0.25, 0.3) is 0 Å². The number of nitrogens with zero attached hydrogens (tertiary/aromatic N) is 1. The van der Waals surface area contributed by atoms with E-state index in [-0.39, 0.29) is 11.3 Å². The van der Waals surface area contributed by atoms with E-state index in [4.69, 9.17) is 9.47 Å². The summed E-state index contributed by atoms with van der Waals surface area (Å²) in [7, 11) is 2.53. The van der Waals surface area contributed by atoms with Gasteiger partial charge in [-0.2, -0.15) is 0 Å². The van der Waals surface area contributed by atoms with Gasteiger partial charge in [0.2, 0.25) is 0 Å². The number of ether oxygens (including phenoxy) is 2. The van der Waals surface area contributed by atoms with Crippen LogP contribution in [0.2, 0.25) is 0 Å².